The first-order chi connectivity index (χ1) is 10.2. The highest BCUT2D eigenvalue weighted by atomic mass is 32.2. The van der Waals surface area contributed by atoms with Gasteiger partial charge in [-0.25, -0.2) is 0 Å². The molecule has 7 heteroatoms. The quantitative estimate of drug-likeness (QED) is 0.810. The van der Waals surface area contributed by atoms with Gasteiger partial charge in [0, 0.05) is 12.5 Å². The predicted molar refractivity (Wildman–Crippen MR) is 81.4 cm³/mol. The van der Waals surface area contributed by atoms with Crippen LogP contribution in [0.1, 0.15) is 32.2 Å². The SMILES string of the molecule is CC1CC(Sc2nnc(-c3cccs3)n2C2CC2)C(=O)O1. The molecule has 0 bridgehead atoms. The van der Waals surface area contributed by atoms with Crippen molar-refractivity contribution >= 4 is 29.1 Å². The summed E-state index contributed by atoms with van der Waals surface area (Å²) in [5.74, 6) is 0.796. The molecule has 0 aromatic carbocycles. The topological polar surface area (TPSA) is 57.0 Å². The van der Waals surface area contributed by atoms with E-state index in [1.807, 2.05) is 18.4 Å². The average Bonchev–Trinajstić information content (AvgIpc) is 2.87. The van der Waals surface area contributed by atoms with Crippen LogP contribution >= 0.6 is 23.1 Å². The first-order valence-electron chi connectivity index (χ1n) is 7.08. The van der Waals surface area contributed by atoms with Crippen LogP contribution in [0.5, 0.6) is 0 Å². The molecule has 2 aromatic rings. The van der Waals surface area contributed by atoms with Crippen molar-refractivity contribution in [1.29, 1.82) is 0 Å². The molecule has 5 nitrogen and oxygen atoms in total. The Morgan fingerprint density at radius 1 is 1.43 bits per heavy atom. The highest BCUT2D eigenvalue weighted by Gasteiger charge is 2.36. The van der Waals surface area contributed by atoms with Gasteiger partial charge in [-0.3, -0.25) is 9.36 Å². The lowest BCUT2D eigenvalue weighted by atomic mass is 10.3. The Hall–Kier alpha value is -1.34. The van der Waals surface area contributed by atoms with E-state index in [0.717, 1.165) is 35.1 Å². The highest BCUT2D eigenvalue weighted by molar-refractivity contribution is 8.00. The van der Waals surface area contributed by atoms with Gasteiger partial charge in [0.2, 0.25) is 0 Å². The standard InChI is InChI=1S/C14H15N3O2S2/c1-8-7-11(13(18)19-8)21-14-16-15-12(10-3-2-6-20-10)17(14)9-4-5-9/h2-3,6,8-9,11H,4-5,7H2,1H3. The Balaban J connectivity index is 1.65. The minimum absolute atomic E-state index is 0.00376. The van der Waals surface area contributed by atoms with Gasteiger partial charge in [0.1, 0.15) is 11.4 Å². The maximum Gasteiger partial charge on any atom is 0.319 e. The first kappa shape index (κ1) is 13.3. The number of thioether (sulfide) groups is 1. The van der Waals surface area contributed by atoms with Crippen LogP contribution in [0.2, 0.25) is 0 Å². The second-order valence-electron chi connectivity index (χ2n) is 5.47. The molecule has 1 saturated heterocycles. The molecule has 0 amide bonds. The minimum atomic E-state index is -0.155. The second kappa shape index (κ2) is 5.14. The minimum Gasteiger partial charge on any atom is -0.462 e. The fourth-order valence-electron chi connectivity index (χ4n) is 2.54. The number of aromatic nitrogens is 3. The Morgan fingerprint density at radius 3 is 2.90 bits per heavy atom. The number of carbonyl (C=O) groups excluding carboxylic acids is 1. The van der Waals surface area contributed by atoms with Crippen LogP contribution in [-0.2, 0) is 9.53 Å². The summed E-state index contributed by atoms with van der Waals surface area (Å²) in [6, 6.07) is 4.57. The van der Waals surface area contributed by atoms with Gasteiger partial charge in [-0.05, 0) is 31.2 Å². The first-order valence-corrected chi connectivity index (χ1v) is 8.84. The van der Waals surface area contributed by atoms with E-state index in [9.17, 15) is 4.79 Å². The summed E-state index contributed by atoms with van der Waals surface area (Å²) in [6.45, 7) is 1.93. The third kappa shape index (κ3) is 2.48. The molecule has 1 aliphatic heterocycles. The van der Waals surface area contributed by atoms with Crippen LogP contribution in [0.3, 0.4) is 0 Å². The van der Waals surface area contributed by atoms with E-state index in [4.69, 9.17) is 4.74 Å². The largest absolute Gasteiger partial charge is 0.462 e. The van der Waals surface area contributed by atoms with Crippen molar-refractivity contribution in [2.75, 3.05) is 0 Å². The maximum atomic E-state index is 11.8. The molecule has 3 heterocycles. The molecular formula is C14H15N3O2S2. The second-order valence-corrected chi connectivity index (χ2v) is 7.59. The van der Waals surface area contributed by atoms with Crippen molar-refractivity contribution in [3.8, 4) is 10.7 Å². The van der Waals surface area contributed by atoms with E-state index in [2.05, 4.69) is 20.8 Å². The van der Waals surface area contributed by atoms with E-state index in [0.29, 0.717) is 6.04 Å². The van der Waals surface area contributed by atoms with Crippen LogP contribution in [0, 0.1) is 0 Å². The molecule has 0 spiro atoms. The van der Waals surface area contributed by atoms with Crippen molar-refractivity contribution in [2.24, 2.45) is 0 Å². The van der Waals surface area contributed by atoms with Crippen LogP contribution < -0.4 is 0 Å². The van der Waals surface area contributed by atoms with E-state index in [-0.39, 0.29) is 17.3 Å². The number of esters is 1. The van der Waals surface area contributed by atoms with Crippen molar-refractivity contribution < 1.29 is 9.53 Å². The molecule has 2 aliphatic rings. The van der Waals surface area contributed by atoms with Crippen molar-refractivity contribution in [1.82, 2.24) is 14.8 Å². The Bertz CT molecular complexity index is 664. The molecule has 2 unspecified atom stereocenters. The predicted octanol–water partition coefficient (Wildman–Crippen LogP) is 3.14. The van der Waals surface area contributed by atoms with E-state index in [1.54, 1.807) is 11.3 Å². The normalized spacial score (nSPS) is 25.3. The number of ether oxygens (including phenoxy) is 1. The van der Waals surface area contributed by atoms with Gasteiger partial charge >= 0.3 is 5.97 Å². The highest BCUT2D eigenvalue weighted by Crippen LogP contribution is 2.43. The molecule has 110 valence electrons. The molecule has 4 rings (SSSR count). The third-order valence-corrected chi connectivity index (χ3v) is 5.72. The number of carbonyl (C=O) groups is 1. The van der Waals surface area contributed by atoms with Crippen molar-refractivity contribution in [3.05, 3.63) is 17.5 Å². The number of cyclic esters (lactones) is 1. The zero-order valence-corrected chi connectivity index (χ0v) is 13.2. The monoisotopic (exact) mass is 321 g/mol. The van der Waals surface area contributed by atoms with Crippen LogP contribution in [0.25, 0.3) is 10.7 Å². The van der Waals surface area contributed by atoms with Gasteiger partial charge in [-0.15, -0.1) is 21.5 Å². The van der Waals surface area contributed by atoms with Gasteiger partial charge in [0.05, 0.1) is 4.88 Å². The smallest absolute Gasteiger partial charge is 0.319 e. The molecule has 1 aliphatic carbocycles. The maximum absolute atomic E-state index is 11.8. The van der Waals surface area contributed by atoms with Gasteiger partial charge in [-0.2, -0.15) is 0 Å². The molecular weight excluding hydrogens is 306 g/mol. The van der Waals surface area contributed by atoms with Crippen LogP contribution in [0.4, 0.5) is 0 Å². The third-order valence-electron chi connectivity index (χ3n) is 3.69. The van der Waals surface area contributed by atoms with Crippen LogP contribution in [0.15, 0.2) is 22.7 Å². The van der Waals surface area contributed by atoms with Gasteiger partial charge in [0.15, 0.2) is 11.0 Å². The Labute approximate surface area is 130 Å². The van der Waals surface area contributed by atoms with E-state index >= 15 is 0 Å². The summed E-state index contributed by atoms with van der Waals surface area (Å²) >= 11 is 3.16. The summed E-state index contributed by atoms with van der Waals surface area (Å²) in [7, 11) is 0. The summed E-state index contributed by atoms with van der Waals surface area (Å²) in [4.78, 5) is 13.0. The van der Waals surface area contributed by atoms with Crippen molar-refractivity contribution in [2.45, 2.75) is 48.7 Å². The number of hydrogen-bond donors (Lipinski definition) is 0. The number of rotatable bonds is 4. The Morgan fingerprint density at radius 2 is 2.29 bits per heavy atom. The fraction of sp³-hybridized carbons (Fsp3) is 0.500. The van der Waals surface area contributed by atoms with Crippen LogP contribution in [-0.4, -0.2) is 32.1 Å². The zero-order valence-electron chi connectivity index (χ0n) is 11.6. The summed E-state index contributed by atoms with van der Waals surface area (Å²) in [5, 5.41) is 11.4. The molecule has 2 aromatic heterocycles. The van der Waals surface area contributed by atoms with Gasteiger partial charge in [-0.1, -0.05) is 17.8 Å². The zero-order chi connectivity index (χ0) is 14.4. The molecule has 2 fully saturated rings. The van der Waals surface area contributed by atoms with E-state index in [1.165, 1.54) is 11.8 Å². The lowest BCUT2D eigenvalue weighted by Crippen LogP contribution is -2.11. The molecule has 1 saturated carbocycles. The van der Waals surface area contributed by atoms with Gasteiger partial charge < -0.3 is 4.74 Å². The summed E-state index contributed by atoms with van der Waals surface area (Å²) in [6.07, 6.45) is 3.07. The molecule has 0 N–H and O–H groups in total. The average molecular weight is 321 g/mol. The summed E-state index contributed by atoms with van der Waals surface area (Å²) in [5.41, 5.74) is 0. The molecule has 2 atom stereocenters. The van der Waals surface area contributed by atoms with Crippen molar-refractivity contribution in [3.63, 3.8) is 0 Å². The summed E-state index contributed by atoms with van der Waals surface area (Å²) < 4.78 is 7.43. The molecule has 0 radical (unpaired) electrons. The van der Waals surface area contributed by atoms with Gasteiger partial charge in [0.25, 0.3) is 0 Å². The Kier molecular flexibility index (Phi) is 3.26. The number of thiophene rings is 1. The lowest BCUT2D eigenvalue weighted by molar-refractivity contribution is -0.140. The molecule has 21 heavy (non-hydrogen) atoms. The number of hydrogen-bond acceptors (Lipinski definition) is 6. The number of nitrogens with zero attached hydrogens (tertiary/aromatic N) is 3. The van der Waals surface area contributed by atoms with E-state index < -0.39 is 0 Å². The lowest BCUT2D eigenvalue weighted by Gasteiger charge is -2.09. The fourth-order valence-corrected chi connectivity index (χ4v) is 4.45.